The summed E-state index contributed by atoms with van der Waals surface area (Å²) in [6.07, 6.45) is 6.42. The van der Waals surface area contributed by atoms with Gasteiger partial charge >= 0.3 is 0 Å². The van der Waals surface area contributed by atoms with Crippen molar-refractivity contribution in [1.29, 1.82) is 0 Å². The summed E-state index contributed by atoms with van der Waals surface area (Å²) in [5.41, 5.74) is 0.935. The Hall–Kier alpha value is -1.33. The monoisotopic (exact) mass is 375 g/mol. The highest BCUT2D eigenvalue weighted by Crippen LogP contribution is 2.34. The lowest BCUT2D eigenvalue weighted by atomic mass is 9.81. The number of nitrogens with one attached hydrogen (secondary N) is 2. The van der Waals surface area contributed by atoms with Gasteiger partial charge in [0.15, 0.2) is 5.11 Å². The molecule has 0 aliphatic carbocycles. The lowest BCUT2D eigenvalue weighted by Crippen LogP contribution is -2.58. The molecule has 0 spiro atoms. The summed E-state index contributed by atoms with van der Waals surface area (Å²) in [5, 5.41) is 7.62. The van der Waals surface area contributed by atoms with Crippen molar-refractivity contribution in [3.05, 3.63) is 24.3 Å². The molecule has 1 aromatic carbocycles. The van der Waals surface area contributed by atoms with Crippen LogP contribution in [0.4, 0.5) is 5.69 Å². The molecular formula is C21H33N3OS. The Morgan fingerprint density at radius 3 is 2.58 bits per heavy atom. The largest absolute Gasteiger partial charge is 0.492 e. The molecule has 0 radical (unpaired) electrons. The molecule has 0 saturated carbocycles. The highest BCUT2D eigenvalue weighted by Gasteiger charge is 2.38. The summed E-state index contributed by atoms with van der Waals surface area (Å²) < 4.78 is 5.68. The Morgan fingerprint density at radius 2 is 1.92 bits per heavy atom. The molecule has 3 rings (SSSR count). The van der Waals surface area contributed by atoms with Crippen LogP contribution < -0.4 is 15.4 Å². The van der Waals surface area contributed by atoms with Crippen LogP contribution in [0.15, 0.2) is 24.3 Å². The van der Waals surface area contributed by atoms with Gasteiger partial charge in [-0.05, 0) is 62.9 Å². The van der Waals surface area contributed by atoms with Crippen molar-refractivity contribution in [2.24, 2.45) is 5.92 Å². The van der Waals surface area contributed by atoms with Crippen LogP contribution in [0.3, 0.4) is 0 Å². The van der Waals surface area contributed by atoms with Gasteiger partial charge in [0.05, 0.1) is 12.3 Å². The van der Waals surface area contributed by atoms with Gasteiger partial charge in [0.25, 0.3) is 0 Å². The molecule has 2 unspecified atom stereocenters. The quantitative estimate of drug-likeness (QED) is 0.720. The lowest BCUT2D eigenvalue weighted by Gasteiger charge is -2.49. The van der Waals surface area contributed by atoms with Gasteiger partial charge in [-0.25, -0.2) is 0 Å². The maximum absolute atomic E-state index is 5.68. The zero-order valence-corrected chi connectivity index (χ0v) is 17.1. The molecule has 2 aliphatic heterocycles. The third kappa shape index (κ3) is 4.89. The van der Waals surface area contributed by atoms with Crippen LogP contribution in [-0.2, 0) is 0 Å². The molecule has 2 aliphatic rings. The summed E-state index contributed by atoms with van der Waals surface area (Å²) in [6, 6.07) is 9.86. The molecule has 0 aromatic heterocycles. The van der Waals surface area contributed by atoms with Crippen LogP contribution in [0.1, 0.15) is 52.9 Å². The number of piperidine rings is 2. The molecule has 2 heterocycles. The first-order valence-electron chi connectivity index (χ1n) is 10.1. The number of benzene rings is 1. The summed E-state index contributed by atoms with van der Waals surface area (Å²) >= 11 is 5.60. The summed E-state index contributed by atoms with van der Waals surface area (Å²) in [5.74, 6) is 1.59. The van der Waals surface area contributed by atoms with E-state index in [-0.39, 0.29) is 0 Å². The van der Waals surface area contributed by atoms with Crippen LogP contribution >= 0.6 is 12.2 Å². The highest BCUT2D eigenvalue weighted by molar-refractivity contribution is 7.80. The number of thiocarbonyl (C=S) groups is 1. The minimum atomic E-state index is 0.466. The Balaban J connectivity index is 1.57. The van der Waals surface area contributed by atoms with E-state index in [1.165, 1.54) is 38.6 Å². The smallest absolute Gasteiger partial charge is 0.171 e. The number of fused-ring (bicyclic) bond motifs is 2. The van der Waals surface area contributed by atoms with Crippen molar-refractivity contribution in [3.8, 4) is 5.75 Å². The molecule has 2 atom stereocenters. The first-order valence-corrected chi connectivity index (χ1v) is 10.5. The standard InChI is InChI=1S/C21H33N3OS/c1-4-25-20-11-6-5-10-19(20)23-21(26)22-16-12-17-8-7-9-18(13-16)24(17)14-15(2)3/h5-6,10-11,15-18H,4,7-9,12-14H2,1-3H3,(H2,22,23,26). The highest BCUT2D eigenvalue weighted by atomic mass is 32.1. The van der Waals surface area contributed by atoms with Gasteiger partial charge in [0, 0.05) is 24.7 Å². The Bertz CT molecular complexity index is 593. The number of para-hydroxylation sites is 2. The molecular weight excluding hydrogens is 342 g/mol. The molecule has 0 amide bonds. The number of nitrogens with zero attached hydrogens (tertiary/aromatic N) is 1. The van der Waals surface area contributed by atoms with Gasteiger partial charge in [0.2, 0.25) is 0 Å². The SMILES string of the molecule is CCOc1ccccc1NC(=S)NC1CC2CCCC(C1)N2CC(C)C. The zero-order chi connectivity index (χ0) is 18.5. The second kappa shape index (κ2) is 9.05. The van der Waals surface area contributed by atoms with Crippen LogP contribution in [-0.4, -0.2) is 41.3 Å². The first kappa shape index (κ1) is 19.4. The van der Waals surface area contributed by atoms with E-state index in [1.54, 1.807) is 0 Å². The number of hydrogen-bond donors (Lipinski definition) is 2. The number of rotatable bonds is 6. The van der Waals surface area contributed by atoms with Gasteiger partial charge in [-0.2, -0.15) is 0 Å². The van der Waals surface area contributed by atoms with Crippen LogP contribution in [0.2, 0.25) is 0 Å². The van der Waals surface area contributed by atoms with Crippen molar-refractivity contribution in [2.75, 3.05) is 18.5 Å². The fourth-order valence-corrected chi connectivity index (χ4v) is 4.79. The second-order valence-electron chi connectivity index (χ2n) is 8.03. The van der Waals surface area contributed by atoms with E-state index in [0.29, 0.717) is 29.8 Å². The van der Waals surface area contributed by atoms with E-state index in [0.717, 1.165) is 17.4 Å². The zero-order valence-electron chi connectivity index (χ0n) is 16.3. The molecule has 1 aromatic rings. The topological polar surface area (TPSA) is 36.5 Å². The normalized spacial score (nSPS) is 25.8. The van der Waals surface area contributed by atoms with Crippen LogP contribution in [0, 0.1) is 5.92 Å². The molecule has 5 heteroatoms. The second-order valence-corrected chi connectivity index (χ2v) is 8.43. The Morgan fingerprint density at radius 1 is 1.23 bits per heavy atom. The summed E-state index contributed by atoms with van der Waals surface area (Å²) in [6.45, 7) is 8.53. The molecule has 2 N–H and O–H groups in total. The van der Waals surface area contributed by atoms with Crippen molar-refractivity contribution >= 4 is 23.0 Å². The maximum Gasteiger partial charge on any atom is 0.171 e. The third-order valence-corrected chi connectivity index (χ3v) is 5.69. The van der Waals surface area contributed by atoms with Crippen molar-refractivity contribution in [1.82, 2.24) is 10.2 Å². The van der Waals surface area contributed by atoms with E-state index in [2.05, 4.69) is 29.4 Å². The number of anilines is 1. The first-order chi connectivity index (χ1) is 12.6. The molecule has 4 nitrogen and oxygen atoms in total. The fraction of sp³-hybridized carbons (Fsp3) is 0.667. The summed E-state index contributed by atoms with van der Waals surface area (Å²) in [4.78, 5) is 2.77. The van der Waals surface area contributed by atoms with E-state index in [1.807, 2.05) is 31.2 Å². The van der Waals surface area contributed by atoms with Gasteiger partial charge in [0.1, 0.15) is 5.75 Å². The predicted molar refractivity (Wildman–Crippen MR) is 113 cm³/mol. The van der Waals surface area contributed by atoms with Crippen molar-refractivity contribution < 1.29 is 4.74 Å². The lowest BCUT2D eigenvalue weighted by molar-refractivity contribution is 0.0191. The third-order valence-electron chi connectivity index (χ3n) is 5.47. The van der Waals surface area contributed by atoms with Crippen molar-refractivity contribution in [3.63, 3.8) is 0 Å². The fourth-order valence-electron chi connectivity index (χ4n) is 4.51. The average Bonchev–Trinajstić information content (AvgIpc) is 2.57. The van der Waals surface area contributed by atoms with E-state index in [9.17, 15) is 0 Å². The van der Waals surface area contributed by atoms with E-state index < -0.39 is 0 Å². The van der Waals surface area contributed by atoms with E-state index >= 15 is 0 Å². The minimum absolute atomic E-state index is 0.466. The molecule has 144 valence electrons. The Labute approximate surface area is 163 Å². The number of ether oxygens (including phenoxy) is 1. The molecule has 2 saturated heterocycles. The van der Waals surface area contributed by atoms with E-state index in [4.69, 9.17) is 17.0 Å². The van der Waals surface area contributed by atoms with Gasteiger partial charge < -0.3 is 15.4 Å². The van der Waals surface area contributed by atoms with Crippen molar-refractivity contribution in [2.45, 2.75) is 71.0 Å². The Kier molecular flexibility index (Phi) is 6.76. The summed E-state index contributed by atoms with van der Waals surface area (Å²) in [7, 11) is 0. The molecule has 2 fully saturated rings. The van der Waals surface area contributed by atoms with Gasteiger partial charge in [-0.15, -0.1) is 0 Å². The van der Waals surface area contributed by atoms with Gasteiger partial charge in [-0.3, -0.25) is 4.90 Å². The predicted octanol–water partition coefficient (Wildman–Crippen LogP) is 4.41. The molecule has 26 heavy (non-hydrogen) atoms. The molecule has 2 bridgehead atoms. The van der Waals surface area contributed by atoms with Crippen LogP contribution in [0.5, 0.6) is 5.75 Å². The van der Waals surface area contributed by atoms with Crippen LogP contribution in [0.25, 0.3) is 0 Å². The minimum Gasteiger partial charge on any atom is -0.492 e. The maximum atomic E-state index is 5.68. The average molecular weight is 376 g/mol. The number of hydrogen-bond acceptors (Lipinski definition) is 3. The van der Waals surface area contributed by atoms with Gasteiger partial charge in [-0.1, -0.05) is 32.4 Å².